The molecule has 1 aromatic carbocycles. The summed E-state index contributed by atoms with van der Waals surface area (Å²) in [6.45, 7) is 9.04. The number of fused-ring (bicyclic) bond motifs is 1. The lowest BCUT2D eigenvalue weighted by Gasteiger charge is -2.28. The molecule has 2 amide bonds. The molecule has 10 heteroatoms. The molecule has 35 heavy (non-hydrogen) atoms. The third-order valence-corrected chi connectivity index (χ3v) is 6.26. The molecule has 0 fully saturated rings. The minimum atomic E-state index is -0.709. The van der Waals surface area contributed by atoms with Gasteiger partial charge in [0.05, 0.1) is 18.3 Å². The molecule has 9 nitrogen and oxygen atoms in total. The van der Waals surface area contributed by atoms with Crippen molar-refractivity contribution in [2.24, 2.45) is 0 Å². The molecule has 1 aliphatic rings. The van der Waals surface area contributed by atoms with Crippen molar-refractivity contribution >= 4 is 41.2 Å². The van der Waals surface area contributed by atoms with Crippen molar-refractivity contribution in [1.29, 1.82) is 0 Å². The van der Waals surface area contributed by atoms with Gasteiger partial charge < -0.3 is 14.8 Å². The van der Waals surface area contributed by atoms with Gasteiger partial charge >= 0.3 is 11.9 Å². The van der Waals surface area contributed by atoms with Crippen LogP contribution in [0.3, 0.4) is 0 Å². The number of benzene rings is 1. The van der Waals surface area contributed by atoms with Crippen LogP contribution in [0.25, 0.3) is 0 Å². The molecule has 0 saturated carbocycles. The average Bonchev–Trinajstić information content (AvgIpc) is 2.89. The van der Waals surface area contributed by atoms with Gasteiger partial charge in [-0.3, -0.25) is 29.4 Å². The first kappa shape index (κ1) is 28.6. The Morgan fingerprint density at radius 3 is 2.57 bits per heavy atom. The fourth-order valence-electron chi connectivity index (χ4n) is 3.63. The van der Waals surface area contributed by atoms with Gasteiger partial charge in [0.2, 0.25) is 11.8 Å². The fourth-order valence-corrected chi connectivity index (χ4v) is 4.72. The van der Waals surface area contributed by atoms with E-state index in [-0.39, 0.29) is 25.0 Å². The topological polar surface area (TPSA) is 114 Å². The van der Waals surface area contributed by atoms with Gasteiger partial charge in [-0.2, -0.15) is 0 Å². The van der Waals surface area contributed by atoms with Gasteiger partial charge in [-0.15, -0.1) is 11.8 Å². The number of hydrogen-bond donors (Lipinski definition) is 2. The monoisotopic (exact) mass is 507 g/mol. The zero-order chi connectivity index (χ0) is 26.0. The molecular formula is C25H37N3O6S. The number of nitrogens with one attached hydrogen (secondary N) is 2. The van der Waals surface area contributed by atoms with Crippen LogP contribution in [0.4, 0.5) is 5.69 Å². The average molecular weight is 508 g/mol. The van der Waals surface area contributed by atoms with Crippen LogP contribution in [0, 0.1) is 0 Å². The summed E-state index contributed by atoms with van der Waals surface area (Å²) in [5, 5.41) is 5.93. The molecular weight excluding hydrogens is 470 g/mol. The lowest BCUT2D eigenvalue weighted by molar-refractivity contribution is -0.154. The van der Waals surface area contributed by atoms with Crippen molar-refractivity contribution < 1.29 is 28.7 Å². The van der Waals surface area contributed by atoms with Crippen molar-refractivity contribution in [2.75, 3.05) is 30.3 Å². The summed E-state index contributed by atoms with van der Waals surface area (Å²) in [5.74, 6) is -0.948. The zero-order valence-corrected chi connectivity index (χ0v) is 22.0. The lowest BCUT2D eigenvalue weighted by atomic mass is 10.1. The van der Waals surface area contributed by atoms with Gasteiger partial charge in [-0.25, -0.2) is 0 Å². The van der Waals surface area contributed by atoms with E-state index in [9.17, 15) is 19.2 Å². The lowest BCUT2D eigenvalue weighted by Crippen LogP contribution is -2.54. The number of anilines is 1. The maximum absolute atomic E-state index is 13.6. The van der Waals surface area contributed by atoms with E-state index in [4.69, 9.17) is 9.47 Å². The molecule has 1 heterocycles. The second-order valence-electron chi connectivity index (χ2n) is 9.29. The highest BCUT2D eigenvalue weighted by atomic mass is 32.2. The number of unbranched alkanes of at least 4 members (excludes halogenated alkanes) is 1. The van der Waals surface area contributed by atoms with Crippen LogP contribution in [-0.4, -0.2) is 66.9 Å². The van der Waals surface area contributed by atoms with Crippen molar-refractivity contribution in [2.45, 2.75) is 76.5 Å². The first-order valence-electron chi connectivity index (χ1n) is 11.9. The number of thioether (sulfide) groups is 1. The smallest absolute Gasteiger partial charge is 0.326 e. The summed E-state index contributed by atoms with van der Waals surface area (Å²) in [6, 6.07) is 6.01. The molecule has 194 valence electrons. The van der Waals surface area contributed by atoms with E-state index in [1.165, 1.54) is 23.6 Å². The maximum atomic E-state index is 13.6. The van der Waals surface area contributed by atoms with E-state index in [1.807, 2.05) is 18.2 Å². The van der Waals surface area contributed by atoms with Gasteiger partial charge in [-0.1, -0.05) is 12.1 Å². The molecule has 1 aromatic rings. The summed E-state index contributed by atoms with van der Waals surface area (Å²) in [5.41, 5.74) is -0.0369. The van der Waals surface area contributed by atoms with Crippen LogP contribution in [0.15, 0.2) is 29.2 Å². The van der Waals surface area contributed by atoms with Gasteiger partial charge in [-0.05, 0) is 59.1 Å². The molecule has 0 bridgehead atoms. The van der Waals surface area contributed by atoms with Crippen molar-refractivity contribution in [3.8, 4) is 0 Å². The minimum absolute atomic E-state index is 0.101. The largest absolute Gasteiger partial charge is 0.465 e. The minimum Gasteiger partial charge on any atom is -0.465 e. The van der Waals surface area contributed by atoms with Crippen LogP contribution >= 0.6 is 11.8 Å². The maximum Gasteiger partial charge on any atom is 0.326 e. The Bertz CT molecular complexity index is 901. The standard InChI is InChI=1S/C25H37N3O6S/c1-6-33-24(32)18(11-9-10-14-26-17(2)29)27-19-16-35-21-13-8-7-12-20(21)28(23(19)31)15-22(30)34-25(3,4)5/h7-8,12-13,18-19,27H,6,9-11,14-16H2,1-5H3,(H,26,29)/t18-,19-/m0/s1. The molecule has 2 atom stereocenters. The van der Waals surface area contributed by atoms with E-state index in [0.717, 1.165) is 4.90 Å². The normalized spacial score (nSPS) is 16.7. The van der Waals surface area contributed by atoms with Crippen LogP contribution in [0.1, 0.15) is 53.9 Å². The molecule has 0 unspecified atom stereocenters. The van der Waals surface area contributed by atoms with Gasteiger partial charge in [0.25, 0.3) is 0 Å². The molecule has 0 saturated heterocycles. The molecule has 1 aliphatic heterocycles. The first-order valence-corrected chi connectivity index (χ1v) is 12.9. The van der Waals surface area contributed by atoms with E-state index >= 15 is 0 Å². The van der Waals surface area contributed by atoms with Crippen LogP contribution < -0.4 is 15.5 Å². The van der Waals surface area contributed by atoms with E-state index in [1.54, 1.807) is 33.8 Å². The van der Waals surface area contributed by atoms with Gasteiger partial charge in [0.15, 0.2) is 0 Å². The molecule has 2 N–H and O–H groups in total. The number of esters is 2. The van der Waals surface area contributed by atoms with Gasteiger partial charge in [0, 0.05) is 24.1 Å². The van der Waals surface area contributed by atoms with E-state index in [0.29, 0.717) is 37.2 Å². The molecule has 0 aliphatic carbocycles. The second kappa shape index (κ2) is 13.5. The molecule has 2 rings (SSSR count). The predicted molar refractivity (Wildman–Crippen MR) is 135 cm³/mol. The van der Waals surface area contributed by atoms with E-state index < -0.39 is 29.6 Å². The Hall–Kier alpha value is -2.59. The predicted octanol–water partition coefficient (Wildman–Crippen LogP) is 2.66. The number of ether oxygens (including phenoxy) is 2. The van der Waals surface area contributed by atoms with Crippen LogP contribution in [0.5, 0.6) is 0 Å². The Balaban J connectivity index is 2.18. The molecule has 0 radical (unpaired) electrons. The number of rotatable bonds is 11. The fraction of sp³-hybridized carbons (Fsp3) is 0.600. The number of nitrogens with zero attached hydrogens (tertiary/aromatic N) is 1. The highest BCUT2D eigenvalue weighted by Gasteiger charge is 2.35. The van der Waals surface area contributed by atoms with Gasteiger partial charge in [0.1, 0.15) is 18.2 Å². The Kier molecular flexibility index (Phi) is 11.0. The van der Waals surface area contributed by atoms with Crippen LogP contribution in [0.2, 0.25) is 0 Å². The third kappa shape index (κ3) is 9.52. The number of amides is 2. The summed E-state index contributed by atoms with van der Waals surface area (Å²) in [7, 11) is 0. The van der Waals surface area contributed by atoms with Crippen molar-refractivity contribution in [1.82, 2.24) is 10.6 Å². The van der Waals surface area contributed by atoms with Crippen molar-refractivity contribution in [3.05, 3.63) is 24.3 Å². The Labute approximate surface area is 211 Å². The number of hydrogen-bond acceptors (Lipinski definition) is 8. The quantitative estimate of drug-likeness (QED) is 0.347. The highest BCUT2D eigenvalue weighted by Crippen LogP contribution is 2.34. The highest BCUT2D eigenvalue weighted by molar-refractivity contribution is 7.99. The number of carbonyl (C=O) groups excluding carboxylic acids is 4. The Morgan fingerprint density at radius 1 is 1.20 bits per heavy atom. The summed E-state index contributed by atoms with van der Waals surface area (Å²) in [4.78, 5) is 52.3. The summed E-state index contributed by atoms with van der Waals surface area (Å²) >= 11 is 1.49. The Morgan fingerprint density at radius 2 is 1.91 bits per heavy atom. The first-order chi connectivity index (χ1) is 16.5. The molecule has 0 spiro atoms. The van der Waals surface area contributed by atoms with Crippen molar-refractivity contribution in [3.63, 3.8) is 0 Å². The third-order valence-electron chi connectivity index (χ3n) is 5.10. The SMILES string of the molecule is CCOC(=O)[C@H](CCCCNC(C)=O)N[C@H]1CSc2ccccc2N(CC(=O)OC(C)(C)C)C1=O. The summed E-state index contributed by atoms with van der Waals surface area (Å²) < 4.78 is 10.7. The second-order valence-corrected chi connectivity index (χ2v) is 10.4. The number of carbonyl (C=O) groups is 4. The zero-order valence-electron chi connectivity index (χ0n) is 21.2. The summed E-state index contributed by atoms with van der Waals surface area (Å²) in [6.07, 6.45) is 1.80. The number of para-hydroxylation sites is 1. The van der Waals surface area contributed by atoms with E-state index in [2.05, 4.69) is 10.6 Å². The van der Waals surface area contributed by atoms with Crippen LogP contribution in [-0.2, 0) is 28.7 Å². The molecule has 0 aromatic heterocycles.